The lowest BCUT2D eigenvalue weighted by Crippen LogP contribution is -2.28. The Hall–Kier alpha value is -2.21. The van der Waals surface area contributed by atoms with Gasteiger partial charge in [0.25, 0.3) is 0 Å². The van der Waals surface area contributed by atoms with Gasteiger partial charge in [-0.25, -0.2) is 0 Å². The number of carbonyl (C=O) groups is 1. The Bertz CT molecular complexity index is 963. The zero-order chi connectivity index (χ0) is 18.9. The molecular formula is C20H22BrN3O2. The minimum absolute atomic E-state index is 0.311. The summed E-state index contributed by atoms with van der Waals surface area (Å²) in [5.41, 5.74) is 1.57. The summed E-state index contributed by atoms with van der Waals surface area (Å²) in [6.07, 6.45) is 1.29. The van der Waals surface area contributed by atoms with Crippen molar-refractivity contribution in [3.05, 3.63) is 58.1 Å². The number of aromatic nitrogens is 3. The average Bonchev–Trinajstić information content (AvgIpc) is 2.94. The van der Waals surface area contributed by atoms with E-state index >= 15 is 0 Å². The van der Waals surface area contributed by atoms with Crippen molar-refractivity contribution in [3.8, 4) is 0 Å². The van der Waals surface area contributed by atoms with Crippen molar-refractivity contribution in [2.45, 2.75) is 40.2 Å². The molecule has 1 N–H and O–H groups in total. The molecule has 3 aromatic rings. The Morgan fingerprint density at radius 3 is 2.35 bits per heavy atom. The smallest absolute Gasteiger partial charge is 0.309 e. The van der Waals surface area contributed by atoms with Crippen molar-refractivity contribution in [2.75, 3.05) is 0 Å². The molecule has 0 spiro atoms. The Morgan fingerprint density at radius 1 is 1.12 bits per heavy atom. The van der Waals surface area contributed by atoms with Crippen LogP contribution in [0.25, 0.3) is 10.8 Å². The Labute approximate surface area is 161 Å². The lowest BCUT2D eigenvalue weighted by molar-refractivity contribution is -0.146. The van der Waals surface area contributed by atoms with Gasteiger partial charge in [-0.2, -0.15) is 0 Å². The van der Waals surface area contributed by atoms with Crippen LogP contribution in [0.4, 0.5) is 0 Å². The van der Waals surface area contributed by atoms with Crippen LogP contribution < -0.4 is 0 Å². The van der Waals surface area contributed by atoms with Crippen molar-refractivity contribution in [3.63, 3.8) is 0 Å². The van der Waals surface area contributed by atoms with Gasteiger partial charge in [0.1, 0.15) is 5.82 Å². The van der Waals surface area contributed by atoms with Crippen molar-refractivity contribution in [1.82, 2.24) is 14.8 Å². The van der Waals surface area contributed by atoms with Gasteiger partial charge < -0.3 is 9.67 Å². The third kappa shape index (κ3) is 3.51. The summed E-state index contributed by atoms with van der Waals surface area (Å²) in [7, 11) is 0. The van der Waals surface area contributed by atoms with Gasteiger partial charge >= 0.3 is 5.97 Å². The van der Waals surface area contributed by atoms with E-state index in [-0.39, 0.29) is 0 Å². The van der Waals surface area contributed by atoms with Gasteiger partial charge in [-0.15, -0.1) is 10.2 Å². The highest BCUT2D eigenvalue weighted by Crippen LogP contribution is 2.27. The highest BCUT2D eigenvalue weighted by Gasteiger charge is 2.30. The quantitative estimate of drug-likeness (QED) is 0.645. The lowest BCUT2D eigenvalue weighted by atomic mass is 9.89. The number of benzene rings is 2. The molecule has 6 heteroatoms. The van der Waals surface area contributed by atoms with E-state index < -0.39 is 11.4 Å². The zero-order valence-electron chi connectivity index (χ0n) is 15.2. The highest BCUT2D eigenvalue weighted by molar-refractivity contribution is 9.10. The summed E-state index contributed by atoms with van der Waals surface area (Å²) in [5, 5.41) is 20.2. The van der Waals surface area contributed by atoms with Crippen molar-refractivity contribution in [2.24, 2.45) is 5.41 Å². The molecule has 5 nitrogen and oxygen atoms in total. The number of fused-ring (bicyclic) bond motifs is 1. The molecule has 0 fully saturated rings. The molecule has 1 aromatic heterocycles. The number of halogens is 1. The minimum Gasteiger partial charge on any atom is -0.481 e. The third-order valence-electron chi connectivity index (χ3n) is 4.78. The Kier molecular flexibility index (Phi) is 5.14. The van der Waals surface area contributed by atoms with Crippen molar-refractivity contribution in [1.29, 1.82) is 0 Å². The first-order chi connectivity index (χ1) is 12.3. The molecule has 0 saturated carbocycles. The monoisotopic (exact) mass is 415 g/mol. The van der Waals surface area contributed by atoms with Gasteiger partial charge in [0.05, 0.1) is 12.0 Å². The molecule has 0 aliphatic heterocycles. The summed E-state index contributed by atoms with van der Waals surface area (Å²) in [4.78, 5) is 11.5. The molecule has 0 unspecified atom stereocenters. The summed E-state index contributed by atoms with van der Waals surface area (Å²) >= 11 is 3.45. The minimum atomic E-state index is -0.904. The third-order valence-corrected chi connectivity index (χ3v) is 5.36. The summed E-state index contributed by atoms with van der Waals surface area (Å²) in [6.45, 7) is 6.15. The number of carboxylic acids is 1. The van der Waals surface area contributed by atoms with Crippen LogP contribution in [0.5, 0.6) is 0 Å². The predicted molar refractivity (Wildman–Crippen MR) is 105 cm³/mol. The molecule has 136 valence electrons. The molecule has 0 bridgehead atoms. The van der Waals surface area contributed by atoms with Crippen molar-refractivity contribution >= 4 is 32.7 Å². The SMILES string of the molecule is CCc1ccc(Cn2c(Br)nnc2CC(C)(C)C(=O)O)c2ccccc12. The van der Waals surface area contributed by atoms with E-state index in [1.165, 1.54) is 16.3 Å². The number of hydrogen-bond donors (Lipinski definition) is 1. The molecular weight excluding hydrogens is 394 g/mol. The van der Waals surface area contributed by atoms with E-state index in [0.29, 0.717) is 23.5 Å². The molecule has 26 heavy (non-hydrogen) atoms. The number of carboxylic acid groups (broad SMARTS) is 1. The Balaban J connectivity index is 2.02. The maximum absolute atomic E-state index is 11.5. The summed E-state index contributed by atoms with van der Waals surface area (Å²) < 4.78 is 2.55. The van der Waals surface area contributed by atoms with Crippen LogP contribution in [0.3, 0.4) is 0 Å². The van der Waals surface area contributed by atoms with Crippen LogP contribution in [0, 0.1) is 5.41 Å². The number of rotatable bonds is 6. The zero-order valence-corrected chi connectivity index (χ0v) is 16.7. The van der Waals surface area contributed by atoms with Gasteiger partial charge in [0.2, 0.25) is 0 Å². The highest BCUT2D eigenvalue weighted by atomic mass is 79.9. The van der Waals surface area contributed by atoms with Gasteiger partial charge in [-0.1, -0.05) is 43.3 Å². The maximum atomic E-state index is 11.5. The van der Waals surface area contributed by atoms with Gasteiger partial charge in [-0.3, -0.25) is 4.79 Å². The second-order valence-electron chi connectivity index (χ2n) is 7.12. The molecule has 0 aliphatic carbocycles. The van der Waals surface area contributed by atoms with Gasteiger partial charge in [0, 0.05) is 6.42 Å². The largest absolute Gasteiger partial charge is 0.481 e. The first-order valence-electron chi connectivity index (χ1n) is 8.64. The van der Waals surface area contributed by atoms with Crippen LogP contribution in [-0.4, -0.2) is 25.8 Å². The summed E-state index contributed by atoms with van der Waals surface area (Å²) in [5.74, 6) is -0.186. The molecule has 0 aliphatic rings. The normalized spacial score (nSPS) is 11.8. The van der Waals surface area contributed by atoms with Gasteiger partial charge in [0.15, 0.2) is 4.73 Å². The van der Waals surface area contributed by atoms with Crippen LogP contribution in [0.2, 0.25) is 0 Å². The molecule has 0 saturated heterocycles. The van der Waals surface area contributed by atoms with Crippen LogP contribution in [0.15, 0.2) is 41.1 Å². The molecule has 1 heterocycles. The second-order valence-corrected chi connectivity index (χ2v) is 7.83. The topological polar surface area (TPSA) is 68.0 Å². The standard InChI is InChI=1S/C20H22BrN3O2/c1-4-13-9-10-14(16-8-6-5-7-15(13)16)12-24-17(22-23-19(24)21)11-20(2,3)18(25)26/h5-10H,4,11-12H2,1-3H3,(H,25,26). The average molecular weight is 416 g/mol. The lowest BCUT2D eigenvalue weighted by Gasteiger charge is -2.19. The van der Waals surface area contributed by atoms with E-state index in [9.17, 15) is 9.90 Å². The van der Waals surface area contributed by atoms with E-state index in [4.69, 9.17) is 0 Å². The predicted octanol–water partition coefficient (Wildman–Crippen LogP) is 4.46. The fraction of sp³-hybridized carbons (Fsp3) is 0.350. The first-order valence-corrected chi connectivity index (χ1v) is 9.43. The molecule has 0 amide bonds. The van der Waals surface area contributed by atoms with Crippen LogP contribution in [0.1, 0.15) is 37.7 Å². The molecule has 2 aromatic carbocycles. The second kappa shape index (κ2) is 7.19. The number of nitrogens with zero attached hydrogens (tertiary/aromatic N) is 3. The molecule has 0 atom stereocenters. The van der Waals surface area contributed by atoms with E-state index in [1.54, 1.807) is 13.8 Å². The summed E-state index contributed by atoms with van der Waals surface area (Å²) in [6, 6.07) is 12.7. The van der Waals surface area contributed by atoms with Crippen LogP contribution in [-0.2, 0) is 24.2 Å². The Morgan fingerprint density at radius 2 is 1.73 bits per heavy atom. The van der Waals surface area contributed by atoms with Crippen LogP contribution >= 0.6 is 15.9 Å². The molecule has 3 rings (SSSR count). The van der Waals surface area contributed by atoms with Gasteiger partial charge in [-0.05, 0) is 58.1 Å². The number of aryl methyl sites for hydroxylation is 1. The number of hydrogen-bond acceptors (Lipinski definition) is 3. The molecule has 0 radical (unpaired) electrons. The fourth-order valence-electron chi connectivity index (χ4n) is 3.11. The fourth-order valence-corrected chi connectivity index (χ4v) is 3.52. The van der Waals surface area contributed by atoms with E-state index in [1.807, 2.05) is 10.6 Å². The van der Waals surface area contributed by atoms with E-state index in [0.717, 1.165) is 12.0 Å². The van der Waals surface area contributed by atoms with Crippen molar-refractivity contribution < 1.29 is 9.90 Å². The first kappa shape index (κ1) is 18.6. The maximum Gasteiger partial charge on any atom is 0.309 e. The number of aliphatic carboxylic acids is 1. The van der Waals surface area contributed by atoms with E-state index in [2.05, 4.69) is 63.4 Å².